The smallest absolute Gasteiger partial charge is 0.325 e. The van der Waals surface area contributed by atoms with Crippen molar-refractivity contribution in [2.24, 2.45) is 0 Å². The van der Waals surface area contributed by atoms with Gasteiger partial charge in [0.05, 0.1) is 12.0 Å². The molecule has 5 N–H and O–H groups in total. The molecule has 1 unspecified atom stereocenters. The van der Waals surface area contributed by atoms with E-state index in [9.17, 15) is 25.2 Å². The number of aliphatic carboxylic acids is 1. The zero-order valence-electron chi connectivity index (χ0n) is 12.8. The summed E-state index contributed by atoms with van der Waals surface area (Å²) >= 11 is 0. The van der Waals surface area contributed by atoms with E-state index in [4.69, 9.17) is 14.6 Å². The highest BCUT2D eigenvalue weighted by molar-refractivity contribution is 5.82. The van der Waals surface area contributed by atoms with E-state index in [0.717, 1.165) is 4.68 Å². The molecular weight excluding hydrogens is 338 g/mol. The van der Waals surface area contributed by atoms with Crippen molar-refractivity contribution < 1.29 is 39.8 Å². The minimum atomic E-state index is -1.60. The number of hydrogen-bond acceptors (Lipinski definition) is 9. The molecule has 1 aliphatic rings. The van der Waals surface area contributed by atoms with Crippen molar-refractivity contribution in [2.45, 2.75) is 37.3 Å². The molecule has 0 aliphatic carbocycles. The molecule has 0 aromatic carbocycles. The van der Waals surface area contributed by atoms with Gasteiger partial charge in [-0.3, -0.25) is 4.79 Å². The Hall–Kier alpha value is -2.31. The Balaban J connectivity index is 1.91. The third kappa shape index (κ3) is 3.27. The number of aliphatic hydroxyl groups excluding tert-OH is 4. The largest absolute Gasteiger partial charge is 0.480 e. The molecule has 2 aromatic rings. The molecule has 5 atom stereocenters. The summed E-state index contributed by atoms with van der Waals surface area (Å²) in [5.74, 6) is -1.19. The van der Waals surface area contributed by atoms with E-state index in [2.05, 4.69) is 10.1 Å². The third-order valence-corrected chi connectivity index (χ3v) is 3.83. The lowest BCUT2D eigenvalue weighted by Crippen LogP contribution is -2.60. The summed E-state index contributed by atoms with van der Waals surface area (Å²) in [6.45, 7) is -1.05. The number of nitrogens with zero attached hydrogens (tertiary/aromatic N) is 3. The highest BCUT2D eigenvalue weighted by Gasteiger charge is 2.45. The van der Waals surface area contributed by atoms with Gasteiger partial charge in [0.25, 0.3) is 0 Å². The monoisotopic (exact) mass is 355 g/mol. The Bertz CT molecular complexity index is 764. The highest BCUT2D eigenvalue weighted by atomic mass is 16.7. The normalized spacial score (nSPS) is 29.7. The van der Waals surface area contributed by atoms with E-state index in [0.29, 0.717) is 5.39 Å². The maximum Gasteiger partial charge on any atom is 0.325 e. The second kappa shape index (κ2) is 6.90. The van der Waals surface area contributed by atoms with Gasteiger partial charge in [-0.05, 0) is 12.1 Å². The fourth-order valence-electron chi connectivity index (χ4n) is 2.58. The number of rotatable bonds is 5. The minimum Gasteiger partial charge on any atom is -0.480 e. The number of aromatic nitrogens is 3. The third-order valence-electron chi connectivity index (χ3n) is 3.83. The lowest BCUT2D eigenvalue weighted by molar-refractivity contribution is -0.278. The number of hydrogen-bond donors (Lipinski definition) is 5. The molecule has 1 saturated heterocycles. The van der Waals surface area contributed by atoms with Crippen LogP contribution in [0.3, 0.4) is 0 Å². The predicted molar refractivity (Wildman–Crippen MR) is 79.6 cm³/mol. The topological polar surface area (TPSA) is 167 Å². The minimum absolute atomic E-state index is 0.0614. The van der Waals surface area contributed by atoms with Crippen LogP contribution in [0, 0.1) is 0 Å². The van der Waals surface area contributed by atoms with Crippen molar-refractivity contribution in [3.05, 3.63) is 18.3 Å². The molecule has 11 heteroatoms. The summed E-state index contributed by atoms with van der Waals surface area (Å²) in [6.07, 6.45) is -5.81. The lowest BCUT2D eigenvalue weighted by atomic mass is 9.99. The Morgan fingerprint density at radius 3 is 2.72 bits per heavy atom. The Morgan fingerprint density at radius 1 is 1.28 bits per heavy atom. The van der Waals surface area contributed by atoms with Crippen LogP contribution in [-0.2, 0) is 16.1 Å². The number of ether oxygens (including phenoxy) is 2. The first-order chi connectivity index (χ1) is 11.9. The van der Waals surface area contributed by atoms with Crippen molar-refractivity contribution >= 4 is 17.0 Å². The molecule has 11 nitrogen and oxygen atoms in total. The van der Waals surface area contributed by atoms with Crippen LogP contribution in [0.25, 0.3) is 11.0 Å². The number of carboxylic acids is 1. The molecule has 2 aromatic heterocycles. The van der Waals surface area contributed by atoms with Crippen molar-refractivity contribution in [3.8, 4) is 5.88 Å². The maximum absolute atomic E-state index is 10.9. The number of carbonyl (C=O) groups is 1. The first-order valence-corrected chi connectivity index (χ1v) is 7.43. The SMILES string of the molecule is O=C(O)Cn1nc(OC2O[C@H](CO)[C@@H](O)[C@H](O)[C@H]2O)c2cccnc21. The maximum atomic E-state index is 10.9. The van der Waals surface area contributed by atoms with E-state index in [1.807, 2.05) is 0 Å². The number of pyridine rings is 1. The Morgan fingerprint density at radius 2 is 2.04 bits per heavy atom. The summed E-state index contributed by atoms with van der Waals surface area (Å²) in [7, 11) is 0. The van der Waals surface area contributed by atoms with Gasteiger partial charge in [-0.25, -0.2) is 9.67 Å². The van der Waals surface area contributed by atoms with Gasteiger partial charge in [0.2, 0.25) is 12.2 Å². The summed E-state index contributed by atoms with van der Waals surface area (Å²) in [4.78, 5) is 15.0. The highest BCUT2D eigenvalue weighted by Crippen LogP contribution is 2.28. The zero-order chi connectivity index (χ0) is 18.1. The molecule has 0 bridgehead atoms. The quantitative estimate of drug-likeness (QED) is 0.393. The number of aliphatic hydroxyl groups is 4. The molecule has 1 fully saturated rings. The van der Waals surface area contributed by atoms with Gasteiger partial charge in [-0.1, -0.05) is 0 Å². The van der Waals surface area contributed by atoms with Crippen LogP contribution < -0.4 is 4.74 Å². The zero-order valence-corrected chi connectivity index (χ0v) is 12.8. The lowest BCUT2D eigenvalue weighted by Gasteiger charge is -2.39. The number of carboxylic acid groups (broad SMARTS) is 1. The predicted octanol–water partition coefficient (Wildman–Crippen LogP) is -2.31. The van der Waals surface area contributed by atoms with Gasteiger partial charge in [0.1, 0.15) is 31.0 Å². The van der Waals surface area contributed by atoms with E-state index >= 15 is 0 Å². The molecule has 25 heavy (non-hydrogen) atoms. The molecule has 1 aliphatic heterocycles. The average molecular weight is 355 g/mol. The molecule has 0 amide bonds. The fourth-order valence-corrected chi connectivity index (χ4v) is 2.58. The average Bonchev–Trinajstić information content (AvgIpc) is 2.92. The van der Waals surface area contributed by atoms with E-state index in [1.165, 1.54) is 6.20 Å². The van der Waals surface area contributed by atoms with Gasteiger partial charge in [-0.15, -0.1) is 5.10 Å². The van der Waals surface area contributed by atoms with Gasteiger partial charge >= 0.3 is 5.97 Å². The van der Waals surface area contributed by atoms with Crippen LogP contribution >= 0.6 is 0 Å². The van der Waals surface area contributed by atoms with Gasteiger partial charge < -0.3 is 35.0 Å². The molecule has 136 valence electrons. The second-order valence-electron chi connectivity index (χ2n) is 5.55. The van der Waals surface area contributed by atoms with Crippen LogP contribution in [0.5, 0.6) is 5.88 Å². The van der Waals surface area contributed by atoms with Crippen molar-refractivity contribution in [3.63, 3.8) is 0 Å². The summed E-state index contributed by atoms with van der Waals surface area (Å²) < 4.78 is 11.8. The van der Waals surface area contributed by atoms with Crippen molar-refractivity contribution in [1.82, 2.24) is 14.8 Å². The first-order valence-electron chi connectivity index (χ1n) is 7.43. The molecule has 0 radical (unpaired) electrons. The second-order valence-corrected chi connectivity index (χ2v) is 5.55. The van der Waals surface area contributed by atoms with Crippen molar-refractivity contribution in [2.75, 3.05) is 6.61 Å². The van der Waals surface area contributed by atoms with Crippen LogP contribution in [0.2, 0.25) is 0 Å². The summed E-state index contributed by atoms with van der Waals surface area (Å²) in [5, 5.41) is 52.1. The van der Waals surface area contributed by atoms with Crippen LogP contribution in [-0.4, -0.2) is 83.6 Å². The van der Waals surface area contributed by atoms with Gasteiger partial charge in [-0.2, -0.15) is 0 Å². The molecule has 3 rings (SSSR count). The molecule has 0 saturated carbocycles. The van der Waals surface area contributed by atoms with Crippen molar-refractivity contribution in [1.29, 1.82) is 0 Å². The van der Waals surface area contributed by atoms with E-state index in [1.54, 1.807) is 12.1 Å². The van der Waals surface area contributed by atoms with Crippen LogP contribution in [0.4, 0.5) is 0 Å². The van der Waals surface area contributed by atoms with E-state index < -0.39 is 49.8 Å². The van der Waals surface area contributed by atoms with Crippen LogP contribution in [0.1, 0.15) is 0 Å². The standard InChI is InChI=1S/C14H17N3O8/c18-5-7-9(21)10(22)11(23)14(24-7)25-13-6-2-1-3-15-12(6)17(16-13)4-8(19)20/h1-3,7,9-11,14,18,21-23H,4-5H2,(H,19,20)/t7-,9-,10+,11-,14?/m1/s1. The fraction of sp³-hybridized carbons (Fsp3) is 0.500. The van der Waals surface area contributed by atoms with E-state index in [-0.39, 0.29) is 11.5 Å². The van der Waals surface area contributed by atoms with Crippen LogP contribution in [0.15, 0.2) is 18.3 Å². The summed E-state index contributed by atoms with van der Waals surface area (Å²) in [5.41, 5.74) is 0.254. The Kier molecular flexibility index (Phi) is 4.83. The Labute approximate surface area is 140 Å². The molecular formula is C14H17N3O8. The molecule has 0 spiro atoms. The molecule has 3 heterocycles. The summed E-state index contributed by atoms with van der Waals surface area (Å²) in [6, 6.07) is 3.18. The van der Waals surface area contributed by atoms with Gasteiger partial charge in [0.15, 0.2) is 5.65 Å². The first kappa shape index (κ1) is 17.5. The number of fused-ring (bicyclic) bond motifs is 1. The van der Waals surface area contributed by atoms with Gasteiger partial charge in [0, 0.05) is 6.20 Å².